The number of amides is 1. The average molecular weight is 566 g/mol. The number of carboxylic acids is 1. The Kier molecular flexibility index (Phi) is 10.8. The zero-order valence-corrected chi connectivity index (χ0v) is 24.6. The normalized spacial score (nSPS) is 11.6. The van der Waals surface area contributed by atoms with Crippen LogP contribution in [0.15, 0.2) is 79.1 Å². The molecule has 1 unspecified atom stereocenters. The van der Waals surface area contributed by atoms with Gasteiger partial charge < -0.3 is 15.2 Å². The molecule has 0 aliphatic carbocycles. The van der Waals surface area contributed by atoms with Crippen molar-refractivity contribution in [3.05, 3.63) is 101 Å². The number of nitrogens with one attached hydrogen (secondary N) is 1. The second-order valence-corrected chi connectivity index (χ2v) is 10.6. The van der Waals surface area contributed by atoms with Crippen LogP contribution < -0.4 is 10.1 Å². The molecular weight excluding hydrogens is 526 g/mol. The van der Waals surface area contributed by atoms with E-state index in [4.69, 9.17) is 4.74 Å². The van der Waals surface area contributed by atoms with Crippen LogP contribution in [0.25, 0.3) is 22.5 Å². The van der Waals surface area contributed by atoms with E-state index in [0.717, 1.165) is 52.2 Å². The van der Waals surface area contributed by atoms with Gasteiger partial charge in [-0.2, -0.15) is 0 Å². The second-order valence-electron chi connectivity index (χ2n) is 10.6. The molecule has 0 bridgehead atoms. The molecule has 1 aromatic heterocycles. The molecule has 2 N–H and O–H groups in total. The molecular formula is C35H39N3O4. The summed E-state index contributed by atoms with van der Waals surface area (Å²) < 4.78 is 5.86. The molecule has 0 aliphatic rings. The zero-order chi connectivity index (χ0) is 29.9. The van der Waals surface area contributed by atoms with E-state index >= 15 is 0 Å². The van der Waals surface area contributed by atoms with Crippen molar-refractivity contribution >= 4 is 11.9 Å². The fourth-order valence-corrected chi connectivity index (χ4v) is 4.62. The molecule has 7 heteroatoms. The Morgan fingerprint density at radius 1 is 0.810 bits per heavy atom. The van der Waals surface area contributed by atoms with Crippen molar-refractivity contribution < 1.29 is 19.4 Å². The van der Waals surface area contributed by atoms with Crippen LogP contribution in [0.3, 0.4) is 0 Å². The summed E-state index contributed by atoms with van der Waals surface area (Å²) in [5.41, 5.74) is 6.01. The van der Waals surface area contributed by atoms with Gasteiger partial charge in [0.15, 0.2) is 5.82 Å². The smallest absolute Gasteiger partial charge is 0.326 e. The monoisotopic (exact) mass is 565 g/mol. The third-order valence-corrected chi connectivity index (χ3v) is 7.38. The number of aromatic nitrogens is 2. The number of carbonyl (C=O) groups excluding carboxylic acids is 1. The minimum Gasteiger partial charge on any atom is -0.494 e. The Bertz CT molecular complexity index is 1470. The quantitative estimate of drug-likeness (QED) is 0.157. The van der Waals surface area contributed by atoms with E-state index in [1.807, 2.05) is 68.4 Å². The van der Waals surface area contributed by atoms with Gasteiger partial charge in [-0.3, -0.25) is 4.79 Å². The number of benzene rings is 3. The molecule has 0 aliphatic heterocycles. The van der Waals surface area contributed by atoms with Gasteiger partial charge in [-0.05, 0) is 66.8 Å². The molecule has 0 fully saturated rings. The lowest BCUT2D eigenvalue weighted by atomic mass is 10.0. The molecule has 4 aromatic rings. The van der Waals surface area contributed by atoms with Crippen molar-refractivity contribution in [2.24, 2.45) is 0 Å². The fraction of sp³-hybridized carbons (Fsp3) is 0.314. The van der Waals surface area contributed by atoms with E-state index in [1.54, 1.807) is 24.5 Å². The Labute approximate surface area is 248 Å². The van der Waals surface area contributed by atoms with Gasteiger partial charge in [0.25, 0.3) is 5.91 Å². The van der Waals surface area contributed by atoms with Crippen molar-refractivity contribution in [1.29, 1.82) is 0 Å². The Morgan fingerprint density at radius 2 is 1.48 bits per heavy atom. The van der Waals surface area contributed by atoms with Crippen molar-refractivity contribution in [2.75, 3.05) is 6.61 Å². The van der Waals surface area contributed by atoms with E-state index in [1.165, 1.54) is 25.7 Å². The maximum atomic E-state index is 12.7. The molecule has 42 heavy (non-hydrogen) atoms. The van der Waals surface area contributed by atoms with Gasteiger partial charge in [0.2, 0.25) is 0 Å². The molecule has 1 atom stereocenters. The van der Waals surface area contributed by atoms with Crippen molar-refractivity contribution in [3.63, 3.8) is 0 Å². The van der Waals surface area contributed by atoms with Crippen LogP contribution in [-0.4, -0.2) is 39.6 Å². The number of aliphatic carboxylic acids is 1. The van der Waals surface area contributed by atoms with Crippen LogP contribution in [-0.2, 0) is 11.2 Å². The van der Waals surface area contributed by atoms with Crippen molar-refractivity contribution in [1.82, 2.24) is 15.3 Å². The SMILES string of the molecule is CCCCCCCOc1ccc(-c2cnc(-c3ccc(CC(NC(=O)c4ccc(C)c(C)c4)C(=O)O)cc3)nc2)cc1. The summed E-state index contributed by atoms with van der Waals surface area (Å²) in [7, 11) is 0. The highest BCUT2D eigenvalue weighted by Gasteiger charge is 2.21. The number of hydrogen-bond acceptors (Lipinski definition) is 5. The number of carbonyl (C=O) groups is 2. The van der Waals surface area contributed by atoms with E-state index in [2.05, 4.69) is 22.2 Å². The summed E-state index contributed by atoms with van der Waals surface area (Å²) in [5.74, 6) is -0.0549. The Hall–Kier alpha value is -4.52. The molecule has 0 radical (unpaired) electrons. The van der Waals surface area contributed by atoms with Gasteiger partial charge in [-0.25, -0.2) is 14.8 Å². The van der Waals surface area contributed by atoms with E-state index in [0.29, 0.717) is 11.4 Å². The highest BCUT2D eigenvalue weighted by atomic mass is 16.5. The lowest BCUT2D eigenvalue weighted by Crippen LogP contribution is -2.42. The fourth-order valence-electron chi connectivity index (χ4n) is 4.62. The van der Waals surface area contributed by atoms with E-state index < -0.39 is 17.9 Å². The summed E-state index contributed by atoms with van der Waals surface area (Å²) in [6.45, 7) is 6.83. The van der Waals surface area contributed by atoms with Crippen LogP contribution in [0, 0.1) is 13.8 Å². The summed E-state index contributed by atoms with van der Waals surface area (Å²) in [4.78, 5) is 33.7. The molecule has 7 nitrogen and oxygen atoms in total. The number of hydrogen-bond donors (Lipinski definition) is 2. The molecule has 3 aromatic carbocycles. The molecule has 4 rings (SSSR count). The number of carboxylic acid groups (broad SMARTS) is 1. The summed E-state index contributed by atoms with van der Waals surface area (Å²) in [6, 6.07) is 19.7. The number of nitrogens with zero attached hydrogens (tertiary/aromatic N) is 2. The molecule has 0 saturated heterocycles. The zero-order valence-electron chi connectivity index (χ0n) is 24.6. The third-order valence-electron chi connectivity index (χ3n) is 7.38. The minimum atomic E-state index is -1.09. The van der Waals surface area contributed by atoms with Crippen LogP contribution >= 0.6 is 0 Å². The van der Waals surface area contributed by atoms with Gasteiger partial charge in [0.05, 0.1) is 6.61 Å². The van der Waals surface area contributed by atoms with Crippen LogP contribution in [0.1, 0.15) is 66.1 Å². The number of aryl methyl sites for hydroxylation is 2. The molecule has 0 spiro atoms. The predicted molar refractivity (Wildman–Crippen MR) is 166 cm³/mol. The van der Waals surface area contributed by atoms with E-state index in [-0.39, 0.29) is 6.42 Å². The third kappa shape index (κ3) is 8.49. The van der Waals surface area contributed by atoms with Crippen molar-refractivity contribution in [2.45, 2.75) is 65.3 Å². The van der Waals surface area contributed by atoms with Gasteiger partial charge in [-0.15, -0.1) is 0 Å². The van der Waals surface area contributed by atoms with Gasteiger partial charge in [0.1, 0.15) is 11.8 Å². The first-order chi connectivity index (χ1) is 20.3. The average Bonchev–Trinajstić information content (AvgIpc) is 3.00. The van der Waals surface area contributed by atoms with Crippen LogP contribution in [0.4, 0.5) is 0 Å². The summed E-state index contributed by atoms with van der Waals surface area (Å²) >= 11 is 0. The Morgan fingerprint density at radius 3 is 2.12 bits per heavy atom. The number of unbranched alkanes of at least 4 members (excludes halogenated alkanes) is 4. The number of ether oxygens (including phenoxy) is 1. The first-order valence-corrected chi connectivity index (χ1v) is 14.6. The molecule has 0 saturated carbocycles. The van der Waals surface area contributed by atoms with E-state index in [9.17, 15) is 14.7 Å². The standard InChI is InChI=1S/C35H39N3O4/c1-4-5-6-7-8-19-42-31-17-15-27(16-18-31)30-22-36-33(37-23-30)28-13-10-26(11-14-28)21-32(35(40)41)38-34(39)29-12-9-24(2)25(3)20-29/h9-18,20,22-23,32H,4-8,19,21H2,1-3H3,(H,38,39)(H,40,41). The maximum Gasteiger partial charge on any atom is 0.326 e. The maximum absolute atomic E-state index is 12.7. The highest BCUT2D eigenvalue weighted by molar-refractivity contribution is 5.96. The number of rotatable bonds is 14. The first kappa shape index (κ1) is 30.4. The van der Waals surface area contributed by atoms with Gasteiger partial charge >= 0.3 is 5.97 Å². The molecule has 1 heterocycles. The molecule has 1 amide bonds. The second kappa shape index (κ2) is 14.9. The Balaban J connectivity index is 1.33. The lowest BCUT2D eigenvalue weighted by molar-refractivity contribution is -0.139. The van der Waals surface area contributed by atoms with Gasteiger partial charge in [0, 0.05) is 35.5 Å². The molecule has 218 valence electrons. The first-order valence-electron chi connectivity index (χ1n) is 14.6. The topological polar surface area (TPSA) is 101 Å². The van der Waals surface area contributed by atoms with Gasteiger partial charge in [-0.1, -0.05) is 75.1 Å². The minimum absolute atomic E-state index is 0.157. The van der Waals surface area contributed by atoms with Crippen molar-refractivity contribution in [3.8, 4) is 28.3 Å². The summed E-state index contributed by atoms with van der Waals surface area (Å²) in [6.07, 6.45) is 9.81. The lowest BCUT2D eigenvalue weighted by Gasteiger charge is -2.15. The largest absolute Gasteiger partial charge is 0.494 e. The summed E-state index contributed by atoms with van der Waals surface area (Å²) in [5, 5.41) is 12.4. The van der Waals surface area contributed by atoms with Crippen LogP contribution in [0.5, 0.6) is 5.75 Å². The predicted octanol–water partition coefficient (Wildman–Crippen LogP) is 7.20. The van der Waals surface area contributed by atoms with Crippen LogP contribution in [0.2, 0.25) is 0 Å². The highest BCUT2D eigenvalue weighted by Crippen LogP contribution is 2.24.